The summed E-state index contributed by atoms with van der Waals surface area (Å²) in [6.45, 7) is 2.78. The second-order valence-electron chi connectivity index (χ2n) is 4.82. The lowest BCUT2D eigenvalue weighted by Crippen LogP contribution is -2.26. The molecule has 0 unspecified atom stereocenters. The Kier molecular flexibility index (Phi) is 5.05. The molecule has 0 saturated heterocycles. The summed E-state index contributed by atoms with van der Waals surface area (Å²) in [5, 5.41) is 7.26. The monoisotopic (exact) mass is 343 g/mol. The third-order valence-electron chi connectivity index (χ3n) is 3.03. The normalized spacial score (nSPS) is 11.9. The summed E-state index contributed by atoms with van der Waals surface area (Å²) in [5.41, 5.74) is 0.803. The quantitative estimate of drug-likeness (QED) is 0.863. The van der Waals surface area contributed by atoms with Crippen molar-refractivity contribution in [1.82, 2.24) is 19.1 Å². The van der Waals surface area contributed by atoms with Gasteiger partial charge < -0.3 is 5.32 Å². The molecule has 0 spiro atoms. The first-order valence-electron chi connectivity index (χ1n) is 6.68. The molecule has 2 heterocycles. The number of pyridine rings is 1. The molecule has 22 heavy (non-hydrogen) atoms. The van der Waals surface area contributed by atoms with Crippen LogP contribution in [-0.4, -0.2) is 41.1 Å². The van der Waals surface area contributed by atoms with Gasteiger partial charge in [-0.2, -0.15) is 9.40 Å². The number of aromatic nitrogens is 3. The Morgan fingerprint density at radius 2 is 2.14 bits per heavy atom. The third-order valence-corrected chi connectivity index (χ3v) is 5.09. The fraction of sp³-hybridized carbons (Fsp3) is 0.385. The van der Waals surface area contributed by atoms with Gasteiger partial charge in [-0.3, -0.25) is 4.68 Å². The summed E-state index contributed by atoms with van der Waals surface area (Å²) in [5.74, 6) is 0.470. The first-order valence-corrected chi connectivity index (χ1v) is 8.49. The van der Waals surface area contributed by atoms with Gasteiger partial charge in [0.2, 0.25) is 10.0 Å². The summed E-state index contributed by atoms with van der Waals surface area (Å²) >= 11 is 6.06. The number of hydrogen-bond donors (Lipinski definition) is 1. The van der Waals surface area contributed by atoms with Gasteiger partial charge in [-0.15, -0.1) is 0 Å². The number of anilines is 1. The Bertz CT molecular complexity index is 760. The number of rotatable bonds is 6. The Morgan fingerprint density at radius 1 is 1.41 bits per heavy atom. The summed E-state index contributed by atoms with van der Waals surface area (Å²) < 4.78 is 28.0. The van der Waals surface area contributed by atoms with Crippen LogP contribution in [0.25, 0.3) is 0 Å². The van der Waals surface area contributed by atoms with Gasteiger partial charge in [0.05, 0.1) is 11.2 Å². The van der Waals surface area contributed by atoms with Gasteiger partial charge in [-0.1, -0.05) is 11.6 Å². The van der Waals surface area contributed by atoms with E-state index in [4.69, 9.17) is 11.6 Å². The number of sulfonamides is 1. The van der Waals surface area contributed by atoms with Crippen LogP contribution in [0.3, 0.4) is 0 Å². The second kappa shape index (κ2) is 6.64. The smallest absolute Gasteiger partial charge is 0.244 e. The van der Waals surface area contributed by atoms with E-state index >= 15 is 0 Å². The maximum atomic E-state index is 12.5. The highest BCUT2D eigenvalue weighted by Crippen LogP contribution is 2.24. The van der Waals surface area contributed by atoms with E-state index in [0.29, 0.717) is 12.4 Å². The fourth-order valence-electron chi connectivity index (χ4n) is 1.93. The van der Waals surface area contributed by atoms with Crippen molar-refractivity contribution in [3.63, 3.8) is 0 Å². The van der Waals surface area contributed by atoms with Crippen molar-refractivity contribution in [3.05, 3.63) is 35.2 Å². The molecule has 2 rings (SSSR count). The van der Waals surface area contributed by atoms with Gasteiger partial charge in [-0.25, -0.2) is 13.4 Å². The lowest BCUT2D eigenvalue weighted by atomic mass is 10.4. The minimum absolute atomic E-state index is 0.0607. The van der Waals surface area contributed by atoms with Gasteiger partial charge in [0.15, 0.2) is 0 Å². The molecule has 120 valence electrons. The van der Waals surface area contributed by atoms with Crippen LogP contribution in [0.1, 0.15) is 12.5 Å². The summed E-state index contributed by atoms with van der Waals surface area (Å²) in [6.07, 6.45) is 4.70. The molecule has 0 aliphatic carbocycles. The number of nitrogens with one attached hydrogen (secondary N) is 1. The topological polar surface area (TPSA) is 80.1 Å². The third kappa shape index (κ3) is 3.57. The molecule has 0 radical (unpaired) electrons. The molecule has 0 aromatic carbocycles. The molecule has 0 atom stereocenters. The molecular weight excluding hydrogens is 326 g/mol. The number of nitrogens with zero attached hydrogens (tertiary/aromatic N) is 4. The van der Waals surface area contributed by atoms with E-state index < -0.39 is 10.0 Å². The Morgan fingerprint density at radius 3 is 2.68 bits per heavy atom. The van der Waals surface area contributed by atoms with E-state index in [2.05, 4.69) is 15.4 Å². The molecule has 0 amide bonds. The second-order valence-corrected chi connectivity index (χ2v) is 7.27. The summed E-state index contributed by atoms with van der Waals surface area (Å²) in [7, 11) is -0.373. The number of halogens is 1. The van der Waals surface area contributed by atoms with Gasteiger partial charge in [-0.05, 0) is 13.0 Å². The maximum Gasteiger partial charge on any atom is 0.244 e. The number of hydrogen-bond acceptors (Lipinski definition) is 5. The molecule has 2 aromatic rings. The molecule has 0 aliphatic heterocycles. The van der Waals surface area contributed by atoms with E-state index in [1.807, 2.05) is 6.92 Å². The van der Waals surface area contributed by atoms with Crippen molar-refractivity contribution in [2.45, 2.75) is 18.4 Å². The molecular formula is C13H18ClN5O2S. The van der Waals surface area contributed by atoms with Crippen LogP contribution < -0.4 is 5.32 Å². The molecule has 9 heteroatoms. The number of aryl methyl sites for hydroxylation is 1. The van der Waals surface area contributed by atoms with Crippen LogP contribution in [-0.2, 0) is 23.6 Å². The van der Waals surface area contributed by atoms with Crippen LogP contribution in [0.15, 0.2) is 29.6 Å². The first-order chi connectivity index (χ1) is 10.3. The van der Waals surface area contributed by atoms with Gasteiger partial charge in [0, 0.05) is 45.1 Å². The largest absolute Gasteiger partial charge is 0.369 e. The minimum atomic E-state index is -3.66. The fourth-order valence-corrected chi connectivity index (χ4v) is 3.36. The van der Waals surface area contributed by atoms with Crippen molar-refractivity contribution in [1.29, 1.82) is 0 Å². The van der Waals surface area contributed by atoms with Crippen molar-refractivity contribution in [2.24, 2.45) is 7.05 Å². The Balaban J connectivity index is 2.23. The van der Waals surface area contributed by atoms with E-state index in [-0.39, 0.29) is 16.5 Å². The SMILES string of the molecule is CCNc1ncc(S(=O)(=O)N(C)Cc2cnn(C)c2)cc1Cl. The van der Waals surface area contributed by atoms with Crippen LogP contribution in [0.4, 0.5) is 5.82 Å². The Labute approximate surface area is 135 Å². The molecule has 1 N–H and O–H groups in total. The van der Waals surface area contributed by atoms with Crippen LogP contribution in [0, 0.1) is 0 Å². The molecule has 0 fully saturated rings. The average molecular weight is 344 g/mol. The Hall–Kier alpha value is -1.64. The summed E-state index contributed by atoms with van der Waals surface area (Å²) in [4.78, 5) is 4.12. The predicted octanol–water partition coefficient (Wildman–Crippen LogP) is 1.72. The van der Waals surface area contributed by atoms with E-state index in [9.17, 15) is 8.42 Å². The standard InChI is InChI=1S/C13H18ClN5O2S/c1-4-15-13-12(14)5-11(7-16-13)22(20,21)19(3)9-10-6-17-18(2)8-10/h5-8H,4,9H2,1-3H3,(H,15,16). The lowest BCUT2D eigenvalue weighted by Gasteiger charge is -2.16. The molecule has 0 bridgehead atoms. The van der Waals surface area contributed by atoms with E-state index in [1.54, 1.807) is 24.1 Å². The van der Waals surface area contributed by atoms with E-state index in [0.717, 1.165) is 5.56 Å². The van der Waals surface area contributed by atoms with Gasteiger partial charge in [0.25, 0.3) is 0 Å². The van der Waals surface area contributed by atoms with Crippen molar-refractivity contribution in [2.75, 3.05) is 18.9 Å². The highest BCUT2D eigenvalue weighted by molar-refractivity contribution is 7.89. The van der Waals surface area contributed by atoms with Gasteiger partial charge in [0.1, 0.15) is 10.7 Å². The van der Waals surface area contributed by atoms with Crippen LogP contribution >= 0.6 is 11.6 Å². The highest BCUT2D eigenvalue weighted by atomic mass is 35.5. The van der Waals surface area contributed by atoms with Crippen molar-refractivity contribution < 1.29 is 8.42 Å². The van der Waals surface area contributed by atoms with Crippen molar-refractivity contribution >= 4 is 27.4 Å². The molecule has 0 aliphatic rings. The maximum absolute atomic E-state index is 12.5. The highest BCUT2D eigenvalue weighted by Gasteiger charge is 2.23. The van der Waals surface area contributed by atoms with Crippen LogP contribution in [0.5, 0.6) is 0 Å². The first kappa shape index (κ1) is 16.7. The lowest BCUT2D eigenvalue weighted by molar-refractivity contribution is 0.466. The van der Waals surface area contributed by atoms with Crippen LogP contribution in [0.2, 0.25) is 5.02 Å². The average Bonchev–Trinajstić information content (AvgIpc) is 2.86. The molecule has 0 saturated carbocycles. The molecule has 2 aromatic heterocycles. The van der Waals surface area contributed by atoms with Gasteiger partial charge >= 0.3 is 0 Å². The zero-order valence-corrected chi connectivity index (χ0v) is 14.2. The zero-order chi connectivity index (χ0) is 16.3. The van der Waals surface area contributed by atoms with Crippen molar-refractivity contribution in [3.8, 4) is 0 Å². The van der Waals surface area contributed by atoms with E-state index in [1.165, 1.54) is 23.6 Å². The predicted molar refractivity (Wildman–Crippen MR) is 85.3 cm³/mol. The summed E-state index contributed by atoms with van der Waals surface area (Å²) in [6, 6.07) is 1.40. The zero-order valence-electron chi connectivity index (χ0n) is 12.6. The minimum Gasteiger partial charge on any atom is -0.369 e. The molecule has 7 nitrogen and oxygen atoms in total.